The van der Waals surface area contributed by atoms with Crippen LogP contribution in [0.4, 0.5) is 8.78 Å². The maximum absolute atomic E-state index is 13.3. The highest BCUT2D eigenvalue weighted by Gasteiger charge is 2.27. The largest absolute Gasteiger partial charge is 0.481 e. The number of carbonyl (C=O) groups is 1. The number of amides is 1. The maximum Gasteiger partial charge on any atom is 0.257 e. The van der Waals surface area contributed by atoms with Gasteiger partial charge in [0.25, 0.3) is 5.91 Å². The number of hydrogen-bond acceptors (Lipinski definition) is 3. The highest BCUT2D eigenvalue weighted by atomic mass is 19.1. The number of ether oxygens (including phenoxy) is 1. The lowest BCUT2D eigenvalue weighted by atomic mass is 9.81. The van der Waals surface area contributed by atoms with Crippen LogP contribution in [0.5, 0.6) is 5.75 Å². The molecular weight excluding hydrogens is 278 g/mol. The van der Waals surface area contributed by atoms with E-state index in [4.69, 9.17) is 4.74 Å². The van der Waals surface area contributed by atoms with Gasteiger partial charge in [-0.15, -0.1) is 0 Å². The molecule has 1 fully saturated rings. The third-order valence-electron chi connectivity index (χ3n) is 3.78. The van der Waals surface area contributed by atoms with Crippen molar-refractivity contribution in [2.24, 2.45) is 5.41 Å². The molecule has 2 N–H and O–H groups in total. The van der Waals surface area contributed by atoms with Crippen LogP contribution in [0.1, 0.15) is 19.8 Å². The van der Waals surface area contributed by atoms with E-state index in [1.54, 1.807) is 0 Å². The van der Waals surface area contributed by atoms with Gasteiger partial charge in [-0.25, -0.2) is 8.78 Å². The molecule has 1 aromatic rings. The average Bonchev–Trinajstić information content (AvgIpc) is 2.45. The number of benzene rings is 1. The van der Waals surface area contributed by atoms with Crippen LogP contribution in [0, 0.1) is 17.0 Å². The zero-order valence-corrected chi connectivity index (χ0v) is 12.0. The summed E-state index contributed by atoms with van der Waals surface area (Å²) in [4.78, 5) is 11.7. The van der Waals surface area contributed by atoms with Gasteiger partial charge in [-0.05, 0) is 43.5 Å². The second-order valence-corrected chi connectivity index (χ2v) is 5.70. The first-order chi connectivity index (χ1) is 9.98. The van der Waals surface area contributed by atoms with Crippen LogP contribution in [0.15, 0.2) is 18.2 Å². The van der Waals surface area contributed by atoms with Crippen LogP contribution in [0.3, 0.4) is 0 Å². The number of halogens is 2. The van der Waals surface area contributed by atoms with Crippen molar-refractivity contribution in [3.05, 3.63) is 29.8 Å². The van der Waals surface area contributed by atoms with Gasteiger partial charge in [-0.2, -0.15) is 0 Å². The van der Waals surface area contributed by atoms with Gasteiger partial charge in [0, 0.05) is 12.6 Å². The predicted molar refractivity (Wildman–Crippen MR) is 75.1 cm³/mol. The first-order valence-electron chi connectivity index (χ1n) is 7.04. The Morgan fingerprint density at radius 3 is 2.76 bits per heavy atom. The summed E-state index contributed by atoms with van der Waals surface area (Å²) in [5.74, 6) is -1.92. The van der Waals surface area contributed by atoms with Crippen molar-refractivity contribution in [3.8, 4) is 5.75 Å². The molecule has 0 atom stereocenters. The Morgan fingerprint density at radius 1 is 1.38 bits per heavy atom. The summed E-state index contributed by atoms with van der Waals surface area (Å²) in [6.45, 7) is 4.32. The molecule has 2 rings (SSSR count). The lowest BCUT2D eigenvalue weighted by molar-refractivity contribution is -0.123. The summed E-state index contributed by atoms with van der Waals surface area (Å²) in [5.41, 5.74) is 0.0854. The zero-order chi connectivity index (χ0) is 15.3. The molecule has 1 amide bonds. The normalized spacial score (nSPS) is 17.3. The highest BCUT2D eigenvalue weighted by molar-refractivity contribution is 5.77. The van der Waals surface area contributed by atoms with Crippen molar-refractivity contribution >= 4 is 5.91 Å². The summed E-state index contributed by atoms with van der Waals surface area (Å²) < 4.78 is 31.1. The van der Waals surface area contributed by atoms with Gasteiger partial charge < -0.3 is 15.4 Å². The molecule has 0 radical (unpaired) electrons. The molecule has 1 aliphatic heterocycles. The lowest BCUT2D eigenvalue weighted by Crippen LogP contribution is -2.43. The first kappa shape index (κ1) is 15.7. The second-order valence-electron chi connectivity index (χ2n) is 5.70. The minimum Gasteiger partial charge on any atom is -0.481 e. The maximum atomic E-state index is 13.3. The minimum atomic E-state index is -0.812. The van der Waals surface area contributed by atoms with Crippen molar-refractivity contribution in [3.63, 3.8) is 0 Å². The van der Waals surface area contributed by atoms with Gasteiger partial charge in [0.1, 0.15) is 5.82 Å². The smallest absolute Gasteiger partial charge is 0.257 e. The first-order valence-corrected chi connectivity index (χ1v) is 7.04. The molecule has 6 heteroatoms. The third kappa shape index (κ3) is 4.67. The number of piperidine rings is 1. The topological polar surface area (TPSA) is 50.4 Å². The summed E-state index contributed by atoms with van der Waals surface area (Å²) in [6, 6.07) is 2.99. The molecule has 1 saturated heterocycles. The molecule has 1 aliphatic rings. The molecule has 1 aromatic carbocycles. The summed E-state index contributed by atoms with van der Waals surface area (Å²) in [7, 11) is 0. The van der Waals surface area contributed by atoms with Crippen molar-refractivity contribution in [1.29, 1.82) is 0 Å². The molecular formula is C15H20F2N2O2. The summed E-state index contributed by atoms with van der Waals surface area (Å²) >= 11 is 0. The quantitative estimate of drug-likeness (QED) is 0.872. The van der Waals surface area contributed by atoms with E-state index in [0.29, 0.717) is 6.54 Å². The van der Waals surface area contributed by atoms with E-state index >= 15 is 0 Å². The van der Waals surface area contributed by atoms with Crippen LogP contribution in [-0.4, -0.2) is 32.1 Å². The monoisotopic (exact) mass is 298 g/mol. The summed E-state index contributed by atoms with van der Waals surface area (Å²) in [6.07, 6.45) is 2.00. The molecule has 0 spiro atoms. The molecule has 21 heavy (non-hydrogen) atoms. The zero-order valence-electron chi connectivity index (χ0n) is 12.0. The van der Waals surface area contributed by atoms with Crippen LogP contribution < -0.4 is 15.4 Å². The Bertz CT molecular complexity index is 502. The Hall–Kier alpha value is -1.69. The van der Waals surface area contributed by atoms with Crippen LogP contribution in [0.2, 0.25) is 0 Å². The van der Waals surface area contributed by atoms with Gasteiger partial charge in [0.15, 0.2) is 18.2 Å². The lowest BCUT2D eigenvalue weighted by Gasteiger charge is -2.34. The number of hydrogen-bond donors (Lipinski definition) is 2. The molecule has 1 heterocycles. The van der Waals surface area contributed by atoms with E-state index in [0.717, 1.165) is 38.1 Å². The van der Waals surface area contributed by atoms with Crippen molar-refractivity contribution in [2.45, 2.75) is 19.8 Å². The van der Waals surface area contributed by atoms with Gasteiger partial charge in [0.2, 0.25) is 0 Å². The van der Waals surface area contributed by atoms with E-state index in [9.17, 15) is 13.6 Å². The van der Waals surface area contributed by atoms with E-state index < -0.39 is 11.6 Å². The number of carbonyl (C=O) groups excluding carboxylic acids is 1. The number of nitrogens with one attached hydrogen (secondary N) is 2. The van der Waals surface area contributed by atoms with E-state index in [1.807, 2.05) is 0 Å². The Balaban J connectivity index is 1.77. The minimum absolute atomic E-state index is 0.0854. The number of rotatable bonds is 5. The fraction of sp³-hybridized carbons (Fsp3) is 0.533. The fourth-order valence-electron chi connectivity index (χ4n) is 2.31. The molecule has 0 aliphatic carbocycles. The summed E-state index contributed by atoms with van der Waals surface area (Å²) in [5, 5.41) is 6.08. The Labute approximate surface area is 122 Å². The van der Waals surface area contributed by atoms with Crippen molar-refractivity contribution in [1.82, 2.24) is 10.6 Å². The molecule has 4 nitrogen and oxygen atoms in total. The van der Waals surface area contributed by atoms with Crippen molar-refractivity contribution in [2.75, 3.05) is 26.2 Å². The molecule has 0 bridgehead atoms. The Kier molecular flexibility index (Phi) is 5.12. The van der Waals surface area contributed by atoms with Crippen LogP contribution in [-0.2, 0) is 4.79 Å². The predicted octanol–water partition coefficient (Wildman–Crippen LogP) is 1.85. The van der Waals surface area contributed by atoms with Crippen LogP contribution >= 0.6 is 0 Å². The SMILES string of the molecule is CC1(CNC(=O)COc2ccc(F)cc2F)CCNCC1. The third-order valence-corrected chi connectivity index (χ3v) is 3.78. The van der Waals surface area contributed by atoms with E-state index in [1.165, 1.54) is 6.07 Å². The van der Waals surface area contributed by atoms with Gasteiger partial charge >= 0.3 is 0 Å². The van der Waals surface area contributed by atoms with Gasteiger partial charge in [0.05, 0.1) is 0 Å². The molecule has 0 unspecified atom stereocenters. The Morgan fingerprint density at radius 2 is 2.10 bits per heavy atom. The van der Waals surface area contributed by atoms with Gasteiger partial charge in [-0.3, -0.25) is 4.79 Å². The van der Waals surface area contributed by atoms with E-state index in [-0.39, 0.29) is 23.7 Å². The average molecular weight is 298 g/mol. The van der Waals surface area contributed by atoms with E-state index in [2.05, 4.69) is 17.6 Å². The van der Waals surface area contributed by atoms with Crippen molar-refractivity contribution < 1.29 is 18.3 Å². The highest BCUT2D eigenvalue weighted by Crippen LogP contribution is 2.26. The fourth-order valence-corrected chi connectivity index (χ4v) is 2.31. The van der Waals surface area contributed by atoms with Gasteiger partial charge in [-0.1, -0.05) is 6.92 Å². The van der Waals surface area contributed by atoms with Crippen LogP contribution in [0.25, 0.3) is 0 Å². The molecule has 0 aromatic heterocycles. The standard InChI is InChI=1S/C15H20F2N2O2/c1-15(4-6-18-7-5-15)10-19-14(20)9-21-13-3-2-11(16)8-12(13)17/h2-3,8,18H,4-7,9-10H2,1H3,(H,19,20). The second kappa shape index (κ2) is 6.85. The molecule has 0 saturated carbocycles. The molecule has 116 valence electrons.